The van der Waals surface area contributed by atoms with Crippen LogP contribution in [0.4, 0.5) is 9.59 Å². The van der Waals surface area contributed by atoms with Crippen molar-refractivity contribution in [2.24, 2.45) is 0 Å². The second kappa shape index (κ2) is 9.97. The summed E-state index contributed by atoms with van der Waals surface area (Å²) in [5.41, 5.74) is 3.81. The van der Waals surface area contributed by atoms with E-state index in [1.54, 1.807) is 27.3 Å². The second-order valence-corrected chi connectivity index (χ2v) is 9.82. The van der Waals surface area contributed by atoms with Gasteiger partial charge in [0.1, 0.15) is 11.5 Å². The molecule has 7 heteroatoms. The lowest BCUT2D eigenvalue weighted by atomic mass is 10.2. The fourth-order valence-electron chi connectivity index (χ4n) is 5.59. The second-order valence-electron chi connectivity index (χ2n) is 9.82. The molecule has 0 unspecified atom stereocenters. The molecule has 200 valence electrons. The van der Waals surface area contributed by atoms with Crippen LogP contribution < -0.4 is 14.8 Å². The summed E-state index contributed by atoms with van der Waals surface area (Å²) in [6.45, 7) is 0.487. The maximum atomic E-state index is 13.6. The number of hydrogen-bond donors (Lipinski definition) is 1. The van der Waals surface area contributed by atoms with Crippen LogP contribution >= 0.6 is 0 Å². The number of nitrogens with zero attached hydrogens (tertiary/aromatic N) is 2. The van der Waals surface area contributed by atoms with Gasteiger partial charge in [-0.2, -0.15) is 0 Å². The average molecular weight is 540 g/mol. The molecule has 0 aliphatic heterocycles. The maximum absolute atomic E-state index is 13.6. The van der Waals surface area contributed by atoms with Crippen molar-refractivity contribution in [3.63, 3.8) is 0 Å². The molecule has 7 nitrogen and oxygen atoms in total. The minimum atomic E-state index is -0.552. The van der Waals surface area contributed by atoms with Crippen LogP contribution in [0.1, 0.15) is 5.56 Å². The Balaban J connectivity index is 1.26. The van der Waals surface area contributed by atoms with Crippen molar-refractivity contribution >= 4 is 55.8 Å². The predicted molar refractivity (Wildman–Crippen MR) is 161 cm³/mol. The number of ether oxygens (including phenoxy) is 2. The lowest BCUT2D eigenvalue weighted by molar-refractivity contribution is 0.202. The van der Waals surface area contributed by atoms with Gasteiger partial charge >= 0.3 is 12.2 Å². The number of carbonyl (C=O) groups is 2. The SMILES string of the molecule is CNCc1cc(OC(=O)n2c3ccccc3c3ccccc32)cc(OC(=O)n2c3ccccc3c3ccccc32)c1. The highest BCUT2D eigenvalue weighted by Crippen LogP contribution is 2.32. The Morgan fingerprint density at radius 3 is 1.24 bits per heavy atom. The maximum Gasteiger partial charge on any atom is 0.424 e. The van der Waals surface area contributed by atoms with E-state index in [0.717, 1.165) is 49.2 Å². The number of rotatable bonds is 4. The predicted octanol–water partition coefficient (Wildman–Crippen LogP) is 7.72. The molecule has 5 aromatic carbocycles. The average Bonchev–Trinajstić information content (AvgIpc) is 3.50. The molecule has 0 saturated carbocycles. The minimum Gasteiger partial charge on any atom is -0.410 e. The van der Waals surface area contributed by atoms with Gasteiger partial charge in [-0.25, -0.2) is 18.7 Å². The zero-order valence-corrected chi connectivity index (χ0v) is 22.2. The van der Waals surface area contributed by atoms with Crippen molar-refractivity contribution < 1.29 is 19.1 Å². The van der Waals surface area contributed by atoms with Crippen LogP contribution in [0.25, 0.3) is 43.6 Å². The number of nitrogens with one attached hydrogen (secondary N) is 1. The lowest BCUT2D eigenvalue weighted by Crippen LogP contribution is -2.18. The molecule has 41 heavy (non-hydrogen) atoms. The quantitative estimate of drug-likeness (QED) is 0.248. The molecule has 2 aromatic heterocycles. The molecule has 0 fully saturated rings. The van der Waals surface area contributed by atoms with Gasteiger partial charge in [0, 0.05) is 34.2 Å². The molecule has 7 rings (SSSR count). The highest BCUT2D eigenvalue weighted by atomic mass is 16.6. The molecule has 0 atom stereocenters. The molecule has 0 amide bonds. The minimum absolute atomic E-state index is 0.273. The molecule has 2 heterocycles. The van der Waals surface area contributed by atoms with E-state index in [9.17, 15) is 9.59 Å². The smallest absolute Gasteiger partial charge is 0.410 e. The van der Waals surface area contributed by atoms with Gasteiger partial charge in [0.25, 0.3) is 0 Å². The third-order valence-corrected chi connectivity index (χ3v) is 7.26. The first-order valence-corrected chi connectivity index (χ1v) is 13.3. The third-order valence-electron chi connectivity index (χ3n) is 7.26. The Labute approximate surface area is 235 Å². The van der Waals surface area contributed by atoms with Gasteiger partial charge in [-0.1, -0.05) is 72.8 Å². The molecule has 0 bridgehead atoms. The number of benzene rings is 5. The van der Waals surface area contributed by atoms with Crippen molar-refractivity contribution in [1.29, 1.82) is 0 Å². The molecule has 0 spiro atoms. The van der Waals surface area contributed by atoms with Gasteiger partial charge in [0.05, 0.1) is 22.1 Å². The van der Waals surface area contributed by atoms with Crippen LogP contribution in [-0.2, 0) is 6.54 Å². The Kier molecular flexibility index (Phi) is 5.99. The number of carbonyl (C=O) groups excluding carboxylic acids is 2. The van der Waals surface area contributed by atoms with Crippen LogP contribution in [0.3, 0.4) is 0 Å². The van der Waals surface area contributed by atoms with Crippen molar-refractivity contribution in [2.45, 2.75) is 6.54 Å². The fraction of sp³-hybridized carbons (Fsp3) is 0.0588. The highest BCUT2D eigenvalue weighted by molar-refractivity contribution is 6.13. The summed E-state index contributed by atoms with van der Waals surface area (Å²) in [5, 5.41) is 6.96. The Bertz CT molecular complexity index is 1870. The first-order chi connectivity index (χ1) is 20.1. The number of hydrogen-bond acceptors (Lipinski definition) is 5. The monoisotopic (exact) mass is 539 g/mol. The van der Waals surface area contributed by atoms with E-state index in [1.807, 2.05) is 104 Å². The summed E-state index contributed by atoms with van der Waals surface area (Å²) < 4.78 is 15.0. The number of aromatic nitrogens is 2. The van der Waals surface area contributed by atoms with Crippen molar-refractivity contribution in [1.82, 2.24) is 14.5 Å². The molecular formula is C34H25N3O4. The Morgan fingerprint density at radius 1 is 0.561 bits per heavy atom. The lowest BCUT2D eigenvalue weighted by Gasteiger charge is -2.13. The number of para-hydroxylation sites is 4. The highest BCUT2D eigenvalue weighted by Gasteiger charge is 2.20. The largest absolute Gasteiger partial charge is 0.424 e. The van der Waals surface area contributed by atoms with Crippen LogP contribution in [0.5, 0.6) is 11.5 Å². The third kappa shape index (κ3) is 4.20. The van der Waals surface area contributed by atoms with Gasteiger partial charge in [-0.15, -0.1) is 0 Å². The van der Waals surface area contributed by atoms with Crippen LogP contribution in [0, 0.1) is 0 Å². The van der Waals surface area contributed by atoms with E-state index < -0.39 is 12.2 Å². The summed E-state index contributed by atoms with van der Waals surface area (Å²) in [5.74, 6) is 0.546. The molecule has 0 radical (unpaired) electrons. The van der Waals surface area contributed by atoms with E-state index in [0.29, 0.717) is 6.54 Å². The van der Waals surface area contributed by atoms with E-state index in [4.69, 9.17) is 9.47 Å². The first kappa shape index (κ1) is 24.6. The van der Waals surface area contributed by atoms with Crippen LogP contribution in [0.15, 0.2) is 115 Å². The van der Waals surface area contributed by atoms with Gasteiger partial charge in [-0.3, -0.25) is 0 Å². The molecule has 0 aliphatic rings. The van der Waals surface area contributed by atoms with Crippen LogP contribution in [-0.4, -0.2) is 28.4 Å². The molecule has 7 aromatic rings. The van der Waals surface area contributed by atoms with E-state index in [1.165, 1.54) is 0 Å². The standard InChI is InChI=1S/C34H25N3O4/c1-35-21-22-18-23(40-33(38)36-29-14-6-2-10-25(29)26-11-3-7-15-30(26)36)20-24(19-22)41-34(39)37-31-16-8-4-12-27(31)28-13-5-9-17-32(28)37/h2-20,35H,21H2,1H3. The summed E-state index contributed by atoms with van der Waals surface area (Å²) in [6, 6.07) is 36.0. The van der Waals surface area contributed by atoms with Crippen molar-refractivity contribution in [2.75, 3.05) is 7.05 Å². The van der Waals surface area contributed by atoms with Gasteiger partial charge in [0.2, 0.25) is 0 Å². The molecule has 0 saturated heterocycles. The van der Waals surface area contributed by atoms with E-state index in [-0.39, 0.29) is 11.5 Å². The van der Waals surface area contributed by atoms with Gasteiger partial charge in [-0.05, 0) is 49.0 Å². The van der Waals surface area contributed by atoms with Gasteiger partial charge < -0.3 is 14.8 Å². The zero-order chi connectivity index (χ0) is 27.9. The fourth-order valence-corrected chi connectivity index (χ4v) is 5.59. The zero-order valence-electron chi connectivity index (χ0n) is 22.2. The first-order valence-electron chi connectivity index (χ1n) is 13.3. The summed E-state index contributed by atoms with van der Waals surface area (Å²) >= 11 is 0. The summed E-state index contributed by atoms with van der Waals surface area (Å²) in [4.78, 5) is 27.2. The topological polar surface area (TPSA) is 74.5 Å². The van der Waals surface area contributed by atoms with Crippen LogP contribution in [0.2, 0.25) is 0 Å². The normalized spacial score (nSPS) is 11.4. The summed E-state index contributed by atoms with van der Waals surface area (Å²) in [7, 11) is 1.82. The van der Waals surface area contributed by atoms with Crippen molar-refractivity contribution in [3.8, 4) is 11.5 Å². The van der Waals surface area contributed by atoms with E-state index in [2.05, 4.69) is 5.32 Å². The molecule has 0 aliphatic carbocycles. The molecule has 1 N–H and O–H groups in total. The Morgan fingerprint density at radius 2 is 0.902 bits per heavy atom. The summed E-state index contributed by atoms with van der Waals surface area (Å²) in [6.07, 6.45) is -1.10. The molecular weight excluding hydrogens is 514 g/mol. The van der Waals surface area contributed by atoms with E-state index >= 15 is 0 Å². The van der Waals surface area contributed by atoms with Crippen molar-refractivity contribution in [3.05, 3.63) is 121 Å². The van der Waals surface area contributed by atoms with Gasteiger partial charge in [0.15, 0.2) is 0 Å². The number of fused-ring (bicyclic) bond motifs is 6. The Hall–Kier alpha value is -5.40.